The number of hydrogen-bond donors (Lipinski definition) is 1. The van der Waals surface area contributed by atoms with Crippen LogP contribution in [0.15, 0.2) is 24.3 Å². The van der Waals surface area contributed by atoms with Crippen molar-refractivity contribution in [2.75, 3.05) is 14.2 Å². The predicted molar refractivity (Wildman–Crippen MR) is 61.3 cm³/mol. The highest BCUT2D eigenvalue weighted by Crippen LogP contribution is 2.16. The van der Waals surface area contributed by atoms with Crippen LogP contribution >= 0.6 is 0 Å². The Balaban J connectivity index is 2.76. The van der Waals surface area contributed by atoms with Gasteiger partial charge in [0, 0.05) is 6.42 Å². The fourth-order valence-corrected chi connectivity index (χ4v) is 1.47. The summed E-state index contributed by atoms with van der Waals surface area (Å²) in [6, 6.07) is 7.44. The molecule has 4 nitrogen and oxygen atoms in total. The van der Waals surface area contributed by atoms with Gasteiger partial charge < -0.3 is 15.2 Å². The highest BCUT2D eigenvalue weighted by Gasteiger charge is 2.29. The lowest BCUT2D eigenvalue weighted by Crippen LogP contribution is -2.47. The van der Waals surface area contributed by atoms with Gasteiger partial charge >= 0.3 is 5.97 Å². The molecule has 4 heteroatoms. The number of ether oxygens (including phenoxy) is 2. The van der Waals surface area contributed by atoms with Gasteiger partial charge in [0.05, 0.1) is 14.2 Å². The Hall–Kier alpha value is -1.55. The van der Waals surface area contributed by atoms with Crippen molar-refractivity contribution in [2.45, 2.75) is 18.9 Å². The molecule has 1 atom stereocenters. The summed E-state index contributed by atoms with van der Waals surface area (Å²) >= 11 is 0. The van der Waals surface area contributed by atoms with Crippen molar-refractivity contribution in [1.82, 2.24) is 0 Å². The molecule has 2 N–H and O–H groups in total. The lowest BCUT2D eigenvalue weighted by Gasteiger charge is -2.21. The largest absolute Gasteiger partial charge is 0.497 e. The number of benzene rings is 1. The van der Waals surface area contributed by atoms with E-state index in [9.17, 15) is 4.79 Å². The van der Waals surface area contributed by atoms with E-state index in [0.29, 0.717) is 6.42 Å². The molecular formula is C12H17NO3. The molecule has 0 aromatic heterocycles. The average Bonchev–Trinajstić information content (AvgIpc) is 2.28. The van der Waals surface area contributed by atoms with E-state index in [1.54, 1.807) is 14.0 Å². The summed E-state index contributed by atoms with van der Waals surface area (Å²) < 4.78 is 9.69. The van der Waals surface area contributed by atoms with E-state index >= 15 is 0 Å². The summed E-state index contributed by atoms with van der Waals surface area (Å²) in [7, 11) is 2.94. The molecule has 0 radical (unpaired) electrons. The van der Waals surface area contributed by atoms with E-state index in [-0.39, 0.29) is 0 Å². The van der Waals surface area contributed by atoms with Gasteiger partial charge in [-0.25, -0.2) is 0 Å². The van der Waals surface area contributed by atoms with Crippen LogP contribution in [-0.4, -0.2) is 25.7 Å². The summed E-state index contributed by atoms with van der Waals surface area (Å²) in [6.07, 6.45) is 0.434. The Kier molecular flexibility index (Phi) is 3.90. The van der Waals surface area contributed by atoms with Gasteiger partial charge in [0.25, 0.3) is 0 Å². The Bertz CT molecular complexity index is 357. The SMILES string of the molecule is COC(=O)[C@](C)(N)Cc1ccc(OC)cc1. The molecule has 0 amide bonds. The first-order valence-corrected chi connectivity index (χ1v) is 5.00. The second-order valence-electron chi connectivity index (χ2n) is 3.93. The summed E-state index contributed by atoms with van der Waals surface area (Å²) in [5.41, 5.74) is 5.84. The maximum Gasteiger partial charge on any atom is 0.325 e. The molecule has 0 unspecified atom stereocenters. The fourth-order valence-electron chi connectivity index (χ4n) is 1.47. The zero-order chi connectivity index (χ0) is 12.2. The molecule has 0 bridgehead atoms. The van der Waals surface area contributed by atoms with Gasteiger partial charge in [0.2, 0.25) is 0 Å². The van der Waals surface area contributed by atoms with Crippen LogP contribution in [0.25, 0.3) is 0 Å². The van der Waals surface area contributed by atoms with Gasteiger partial charge in [-0.05, 0) is 24.6 Å². The summed E-state index contributed by atoms with van der Waals surface area (Å²) in [6.45, 7) is 1.66. The first kappa shape index (κ1) is 12.5. The van der Waals surface area contributed by atoms with Gasteiger partial charge in [-0.1, -0.05) is 12.1 Å². The number of carbonyl (C=O) groups excluding carboxylic acids is 1. The van der Waals surface area contributed by atoms with Crippen LogP contribution in [0.2, 0.25) is 0 Å². The molecule has 0 heterocycles. The van der Waals surface area contributed by atoms with Crippen LogP contribution in [0.3, 0.4) is 0 Å². The van der Waals surface area contributed by atoms with Crippen molar-refractivity contribution >= 4 is 5.97 Å². The first-order valence-electron chi connectivity index (χ1n) is 5.00. The smallest absolute Gasteiger partial charge is 0.325 e. The molecule has 1 aromatic carbocycles. The van der Waals surface area contributed by atoms with E-state index in [4.69, 9.17) is 10.5 Å². The molecule has 0 aliphatic heterocycles. The number of hydrogen-bond acceptors (Lipinski definition) is 4. The average molecular weight is 223 g/mol. The monoisotopic (exact) mass is 223 g/mol. The molecule has 1 rings (SSSR count). The second-order valence-corrected chi connectivity index (χ2v) is 3.93. The normalized spacial score (nSPS) is 14.0. The van der Waals surface area contributed by atoms with Crippen molar-refractivity contribution in [2.24, 2.45) is 5.73 Å². The van der Waals surface area contributed by atoms with Crippen molar-refractivity contribution in [3.05, 3.63) is 29.8 Å². The van der Waals surface area contributed by atoms with Crippen molar-refractivity contribution in [3.8, 4) is 5.75 Å². The molecule has 0 spiro atoms. The molecule has 0 aliphatic carbocycles. The van der Waals surface area contributed by atoms with Crippen molar-refractivity contribution in [1.29, 1.82) is 0 Å². The molecule has 0 saturated heterocycles. The van der Waals surface area contributed by atoms with E-state index in [1.165, 1.54) is 7.11 Å². The summed E-state index contributed by atoms with van der Waals surface area (Å²) in [5, 5.41) is 0. The van der Waals surface area contributed by atoms with Crippen LogP contribution in [0.4, 0.5) is 0 Å². The van der Waals surface area contributed by atoms with E-state index in [0.717, 1.165) is 11.3 Å². The van der Waals surface area contributed by atoms with Gasteiger partial charge in [-0.2, -0.15) is 0 Å². The Labute approximate surface area is 95.3 Å². The third-order valence-corrected chi connectivity index (χ3v) is 2.38. The maximum absolute atomic E-state index is 11.4. The lowest BCUT2D eigenvalue weighted by molar-refractivity contribution is -0.146. The van der Waals surface area contributed by atoms with Gasteiger partial charge in [-0.3, -0.25) is 4.79 Å². The van der Waals surface area contributed by atoms with Crippen molar-refractivity contribution in [3.63, 3.8) is 0 Å². The van der Waals surface area contributed by atoms with Crippen LogP contribution in [-0.2, 0) is 16.0 Å². The summed E-state index contributed by atoms with van der Waals surface area (Å²) in [4.78, 5) is 11.4. The molecule has 1 aromatic rings. The Morgan fingerprint density at radius 3 is 2.31 bits per heavy atom. The fraction of sp³-hybridized carbons (Fsp3) is 0.417. The Morgan fingerprint density at radius 1 is 1.31 bits per heavy atom. The van der Waals surface area contributed by atoms with E-state index in [1.807, 2.05) is 24.3 Å². The third kappa shape index (κ3) is 2.97. The minimum Gasteiger partial charge on any atom is -0.497 e. The molecule has 16 heavy (non-hydrogen) atoms. The van der Waals surface area contributed by atoms with Crippen LogP contribution < -0.4 is 10.5 Å². The standard InChI is InChI=1S/C12H17NO3/c1-12(13,11(14)16-3)8-9-4-6-10(15-2)7-5-9/h4-7H,8,13H2,1-3H3/t12-/m1/s1. The molecule has 0 fully saturated rings. The van der Waals surface area contributed by atoms with Gasteiger partial charge in [-0.15, -0.1) is 0 Å². The van der Waals surface area contributed by atoms with E-state index < -0.39 is 11.5 Å². The zero-order valence-corrected chi connectivity index (χ0v) is 9.82. The highest BCUT2D eigenvalue weighted by atomic mass is 16.5. The number of carbonyl (C=O) groups is 1. The van der Waals surface area contributed by atoms with Crippen LogP contribution in [0, 0.1) is 0 Å². The van der Waals surface area contributed by atoms with Gasteiger partial charge in [0.15, 0.2) is 0 Å². The number of esters is 1. The lowest BCUT2D eigenvalue weighted by atomic mass is 9.94. The highest BCUT2D eigenvalue weighted by molar-refractivity contribution is 5.80. The minimum absolute atomic E-state index is 0.414. The quantitative estimate of drug-likeness (QED) is 0.777. The molecule has 88 valence electrons. The predicted octanol–water partition coefficient (Wildman–Crippen LogP) is 1.13. The van der Waals surface area contributed by atoms with Crippen LogP contribution in [0.5, 0.6) is 5.75 Å². The Morgan fingerprint density at radius 2 is 1.88 bits per heavy atom. The first-order chi connectivity index (χ1) is 7.49. The zero-order valence-electron chi connectivity index (χ0n) is 9.82. The summed E-state index contributed by atoms with van der Waals surface area (Å²) in [5.74, 6) is 0.365. The topological polar surface area (TPSA) is 61.5 Å². The minimum atomic E-state index is -0.997. The third-order valence-electron chi connectivity index (χ3n) is 2.38. The maximum atomic E-state index is 11.4. The number of nitrogens with two attached hydrogens (primary N) is 1. The second kappa shape index (κ2) is 4.99. The van der Waals surface area contributed by atoms with Gasteiger partial charge in [0.1, 0.15) is 11.3 Å². The number of rotatable bonds is 4. The van der Waals surface area contributed by atoms with Crippen LogP contribution in [0.1, 0.15) is 12.5 Å². The van der Waals surface area contributed by atoms with Crippen molar-refractivity contribution < 1.29 is 14.3 Å². The molecular weight excluding hydrogens is 206 g/mol. The van der Waals surface area contributed by atoms with E-state index in [2.05, 4.69) is 4.74 Å². The molecule has 0 aliphatic rings. The number of methoxy groups -OCH3 is 2. The molecule has 0 saturated carbocycles.